The highest BCUT2D eigenvalue weighted by Crippen LogP contribution is 2.00. The molecule has 3 heteroatoms. The number of rotatable bonds is 4. The molecule has 0 saturated carbocycles. The van der Waals surface area contributed by atoms with Crippen LogP contribution in [0.2, 0.25) is 0 Å². The number of oxime groups is 1. The minimum atomic E-state index is 0.366. The maximum absolute atomic E-state index is 8.34. The van der Waals surface area contributed by atoms with Gasteiger partial charge in [0.15, 0.2) is 0 Å². The van der Waals surface area contributed by atoms with Crippen LogP contribution in [0.15, 0.2) is 35.5 Å². The first kappa shape index (κ1) is 9.74. The van der Waals surface area contributed by atoms with Gasteiger partial charge in [0.05, 0.1) is 18.9 Å². The highest BCUT2D eigenvalue weighted by molar-refractivity contribution is 5.82. The van der Waals surface area contributed by atoms with Gasteiger partial charge in [-0.2, -0.15) is 0 Å². The Labute approximate surface area is 77.6 Å². The number of ether oxygens (including phenoxy) is 1. The van der Waals surface area contributed by atoms with Gasteiger partial charge >= 0.3 is 0 Å². The summed E-state index contributed by atoms with van der Waals surface area (Å²) < 4.78 is 5.28. The van der Waals surface area contributed by atoms with E-state index in [4.69, 9.17) is 9.94 Å². The molecule has 13 heavy (non-hydrogen) atoms. The highest BCUT2D eigenvalue weighted by atomic mass is 16.5. The van der Waals surface area contributed by atoms with Crippen molar-refractivity contribution < 1.29 is 9.94 Å². The highest BCUT2D eigenvalue weighted by Gasteiger charge is 1.93. The number of nitrogens with zero attached hydrogens (tertiary/aromatic N) is 1. The standard InChI is InChI=1S/C10H13NO2/c1-9(11-12)7-13-8-10-5-3-2-4-6-10/h2-6,12H,7-8H2,1H3/b11-9+. The van der Waals surface area contributed by atoms with Crippen LogP contribution < -0.4 is 0 Å². The third-order valence-electron chi connectivity index (χ3n) is 1.59. The Morgan fingerprint density at radius 2 is 2.08 bits per heavy atom. The molecule has 1 rings (SSSR count). The van der Waals surface area contributed by atoms with Gasteiger partial charge in [0.1, 0.15) is 0 Å². The number of hydrogen-bond donors (Lipinski definition) is 1. The van der Waals surface area contributed by atoms with E-state index in [0.29, 0.717) is 18.9 Å². The molecule has 0 spiro atoms. The van der Waals surface area contributed by atoms with Crippen molar-refractivity contribution in [3.8, 4) is 0 Å². The van der Waals surface area contributed by atoms with Crippen molar-refractivity contribution in [3.63, 3.8) is 0 Å². The van der Waals surface area contributed by atoms with Gasteiger partial charge in [-0.05, 0) is 12.5 Å². The molecular formula is C10H13NO2. The van der Waals surface area contributed by atoms with E-state index in [9.17, 15) is 0 Å². The van der Waals surface area contributed by atoms with E-state index in [2.05, 4.69) is 5.16 Å². The molecule has 0 atom stereocenters. The summed E-state index contributed by atoms with van der Waals surface area (Å²) in [6.45, 7) is 2.63. The molecule has 1 aromatic rings. The molecule has 0 bridgehead atoms. The normalized spacial score (nSPS) is 11.6. The molecule has 0 heterocycles. The second-order valence-electron chi connectivity index (χ2n) is 2.81. The first-order chi connectivity index (χ1) is 6.33. The third kappa shape index (κ3) is 3.71. The van der Waals surface area contributed by atoms with Gasteiger partial charge in [0, 0.05) is 0 Å². The largest absolute Gasteiger partial charge is 0.411 e. The summed E-state index contributed by atoms with van der Waals surface area (Å²) >= 11 is 0. The Morgan fingerprint density at radius 3 is 2.69 bits per heavy atom. The SMILES string of the molecule is C/C(COCc1ccccc1)=N\O. The summed E-state index contributed by atoms with van der Waals surface area (Å²) in [6, 6.07) is 9.87. The minimum absolute atomic E-state index is 0.366. The Morgan fingerprint density at radius 1 is 1.38 bits per heavy atom. The summed E-state index contributed by atoms with van der Waals surface area (Å²) in [7, 11) is 0. The van der Waals surface area contributed by atoms with Crippen molar-refractivity contribution in [3.05, 3.63) is 35.9 Å². The number of benzene rings is 1. The molecule has 0 aliphatic heterocycles. The lowest BCUT2D eigenvalue weighted by atomic mass is 10.2. The molecule has 70 valence electrons. The van der Waals surface area contributed by atoms with E-state index in [-0.39, 0.29) is 0 Å². The van der Waals surface area contributed by atoms with Gasteiger partial charge in [-0.1, -0.05) is 35.5 Å². The Kier molecular flexibility index (Phi) is 3.99. The van der Waals surface area contributed by atoms with Crippen molar-refractivity contribution >= 4 is 5.71 Å². The van der Waals surface area contributed by atoms with Gasteiger partial charge in [0.25, 0.3) is 0 Å². The van der Waals surface area contributed by atoms with Crippen LogP contribution in [-0.2, 0) is 11.3 Å². The predicted molar refractivity (Wildman–Crippen MR) is 51.0 cm³/mol. The quantitative estimate of drug-likeness (QED) is 0.436. The predicted octanol–water partition coefficient (Wildman–Crippen LogP) is 2.05. The number of hydrogen-bond acceptors (Lipinski definition) is 3. The fraction of sp³-hybridized carbons (Fsp3) is 0.300. The summed E-state index contributed by atoms with van der Waals surface area (Å²) in [5.41, 5.74) is 1.70. The van der Waals surface area contributed by atoms with Crippen LogP contribution in [0.1, 0.15) is 12.5 Å². The third-order valence-corrected chi connectivity index (χ3v) is 1.59. The van der Waals surface area contributed by atoms with Crippen molar-refractivity contribution in [2.75, 3.05) is 6.61 Å². The van der Waals surface area contributed by atoms with Crippen LogP contribution in [0.4, 0.5) is 0 Å². The van der Waals surface area contributed by atoms with Gasteiger partial charge in [-0.3, -0.25) is 0 Å². The molecule has 0 fully saturated rings. The van der Waals surface area contributed by atoms with Crippen LogP contribution in [0.3, 0.4) is 0 Å². The first-order valence-corrected chi connectivity index (χ1v) is 4.12. The summed E-state index contributed by atoms with van der Waals surface area (Å²) in [5.74, 6) is 0. The van der Waals surface area contributed by atoms with Crippen LogP contribution in [0, 0.1) is 0 Å². The Hall–Kier alpha value is -1.35. The van der Waals surface area contributed by atoms with Crippen molar-refractivity contribution in [2.24, 2.45) is 5.16 Å². The maximum atomic E-state index is 8.34. The zero-order valence-electron chi connectivity index (χ0n) is 7.60. The molecule has 3 nitrogen and oxygen atoms in total. The van der Waals surface area contributed by atoms with Crippen LogP contribution in [0.25, 0.3) is 0 Å². The lowest BCUT2D eigenvalue weighted by Crippen LogP contribution is -2.04. The van der Waals surface area contributed by atoms with E-state index in [0.717, 1.165) is 5.56 Å². The monoisotopic (exact) mass is 179 g/mol. The van der Waals surface area contributed by atoms with E-state index in [1.165, 1.54) is 0 Å². The van der Waals surface area contributed by atoms with Crippen LogP contribution in [0.5, 0.6) is 0 Å². The molecule has 0 saturated heterocycles. The second kappa shape index (κ2) is 5.32. The van der Waals surface area contributed by atoms with Crippen molar-refractivity contribution in [1.82, 2.24) is 0 Å². The molecule has 0 radical (unpaired) electrons. The van der Waals surface area contributed by atoms with Crippen molar-refractivity contribution in [1.29, 1.82) is 0 Å². The molecule has 0 unspecified atom stereocenters. The zero-order valence-corrected chi connectivity index (χ0v) is 7.60. The lowest BCUT2D eigenvalue weighted by molar-refractivity contribution is 0.155. The smallest absolute Gasteiger partial charge is 0.0883 e. The van der Waals surface area contributed by atoms with E-state index < -0.39 is 0 Å². The Bertz CT molecular complexity index is 270. The summed E-state index contributed by atoms with van der Waals surface area (Å²) in [5, 5.41) is 11.4. The molecule has 1 aromatic carbocycles. The average Bonchev–Trinajstić information content (AvgIpc) is 2.19. The van der Waals surface area contributed by atoms with Gasteiger partial charge in [-0.15, -0.1) is 0 Å². The topological polar surface area (TPSA) is 41.8 Å². The molecule has 1 N–H and O–H groups in total. The minimum Gasteiger partial charge on any atom is -0.411 e. The summed E-state index contributed by atoms with van der Waals surface area (Å²) in [4.78, 5) is 0. The molecule has 0 aromatic heterocycles. The van der Waals surface area contributed by atoms with E-state index in [1.807, 2.05) is 30.3 Å². The first-order valence-electron chi connectivity index (χ1n) is 4.12. The molecule has 0 aliphatic rings. The average molecular weight is 179 g/mol. The fourth-order valence-electron chi connectivity index (χ4n) is 0.920. The van der Waals surface area contributed by atoms with Crippen molar-refractivity contribution in [2.45, 2.75) is 13.5 Å². The Balaban J connectivity index is 2.28. The second-order valence-corrected chi connectivity index (χ2v) is 2.81. The zero-order chi connectivity index (χ0) is 9.52. The maximum Gasteiger partial charge on any atom is 0.0883 e. The molecule has 0 aliphatic carbocycles. The molecular weight excluding hydrogens is 166 g/mol. The fourth-order valence-corrected chi connectivity index (χ4v) is 0.920. The summed E-state index contributed by atoms with van der Waals surface area (Å²) in [6.07, 6.45) is 0. The van der Waals surface area contributed by atoms with E-state index >= 15 is 0 Å². The van der Waals surface area contributed by atoms with Gasteiger partial charge in [-0.25, -0.2) is 0 Å². The van der Waals surface area contributed by atoms with Gasteiger partial charge in [0.2, 0.25) is 0 Å². The van der Waals surface area contributed by atoms with Gasteiger partial charge < -0.3 is 9.94 Å². The van der Waals surface area contributed by atoms with E-state index in [1.54, 1.807) is 6.92 Å². The van der Waals surface area contributed by atoms with Crippen LogP contribution >= 0.6 is 0 Å². The molecule has 0 amide bonds. The lowest BCUT2D eigenvalue weighted by Gasteiger charge is -2.02. The van der Waals surface area contributed by atoms with Crippen LogP contribution in [-0.4, -0.2) is 17.5 Å².